The van der Waals surface area contributed by atoms with Gasteiger partial charge in [0, 0.05) is 43.5 Å². The van der Waals surface area contributed by atoms with Crippen molar-refractivity contribution in [3.8, 4) is 5.88 Å². The lowest BCUT2D eigenvalue weighted by atomic mass is 10.1. The van der Waals surface area contributed by atoms with Crippen LogP contribution in [0.3, 0.4) is 0 Å². The summed E-state index contributed by atoms with van der Waals surface area (Å²) < 4.78 is 13.0. The van der Waals surface area contributed by atoms with E-state index in [0.717, 1.165) is 12.2 Å². The summed E-state index contributed by atoms with van der Waals surface area (Å²) >= 11 is 0. The van der Waals surface area contributed by atoms with E-state index >= 15 is 0 Å². The number of rotatable bonds is 4. The minimum Gasteiger partial charge on any atom is -0.477 e. The fourth-order valence-corrected chi connectivity index (χ4v) is 3.07. The van der Waals surface area contributed by atoms with Crippen molar-refractivity contribution in [2.45, 2.75) is 20.0 Å². The van der Waals surface area contributed by atoms with Crippen LogP contribution in [0.25, 0.3) is 0 Å². The number of carbonyl (C=O) groups excluding carboxylic acids is 1. The van der Waals surface area contributed by atoms with Gasteiger partial charge in [0.15, 0.2) is 0 Å². The molecule has 134 valence electrons. The van der Waals surface area contributed by atoms with Gasteiger partial charge in [0.1, 0.15) is 0 Å². The predicted molar refractivity (Wildman–Crippen MR) is 91.4 cm³/mol. The molecule has 3 aromatic heterocycles. The Morgan fingerprint density at radius 2 is 2.31 bits per heavy atom. The zero-order chi connectivity index (χ0) is 17.9. The van der Waals surface area contributed by atoms with E-state index in [1.807, 2.05) is 18.2 Å². The molecule has 1 aliphatic heterocycles. The Morgan fingerprint density at radius 1 is 1.38 bits per heavy atom. The van der Waals surface area contributed by atoms with Crippen molar-refractivity contribution in [3.63, 3.8) is 0 Å². The Bertz CT molecular complexity index is 889. The summed E-state index contributed by atoms with van der Waals surface area (Å²) in [4.78, 5) is 23.0. The number of fused-ring (bicyclic) bond motifs is 1. The first-order valence-electron chi connectivity index (χ1n) is 8.44. The van der Waals surface area contributed by atoms with Gasteiger partial charge in [-0.3, -0.25) is 4.79 Å². The summed E-state index contributed by atoms with van der Waals surface area (Å²) in [5.41, 5.74) is 1.66. The van der Waals surface area contributed by atoms with Gasteiger partial charge in [-0.25, -0.2) is 9.97 Å². The summed E-state index contributed by atoms with van der Waals surface area (Å²) in [6.07, 6.45) is 5.27. The van der Waals surface area contributed by atoms with Crippen LogP contribution >= 0.6 is 0 Å². The van der Waals surface area contributed by atoms with Crippen molar-refractivity contribution < 1.29 is 14.1 Å². The molecule has 26 heavy (non-hydrogen) atoms. The Hall–Kier alpha value is -3.16. The number of carbonyl (C=O) groups is 1. The molecule has 0 aliphatic carbocycles. The molecule has 0 bridgehead atoms. The third-order valence-electron chi connectivity index (χ3n) is 4.32. The SMILES string of the molecule is Cc1cc(C(=O)N2Cc3cncn3CC(COc3ccccn3)C2)on1. The number of aromatic nitrogens is 4. The zero-order valence-electron chi connectivity index (χ0n) is 14.4. The van der Waals surface area contributed by atoms with E-state index in [0.29, 0.717) is 31.3 Å². The molecule has 4 rings (SSSR count). The summed E-state index contributed by atoms with van der Waals surface area (Å²) in [5.74, 6) is 0.745. The molecule has 8 nitrogen and oxygen atoms in total. The van der Waals surface area contributed by atoms with Gasteiger partial charge in [-0.2, -0.15) is 0 Å². The van der Waals surface area contributed by atoms with Crippen molar-refractivity contribution in [1.82, 2.24) is 24.6 Å². The maximum absolute atomic E-state index is 12.8. The van der Waals surface area contributed by atoms with Gasteiger partial charge >= 0.3 is 0 Å². The topological polar surface area (TPSA) is 86.3 Å². The molecule has 0 radical (unpaired) electrons. The molecule has 1 unspecified atom stereocenters. The summed E-state index contributed by atoms with van der Waals surface area (Å²) in [7, 11) is 0. The highest BCUT2D eigenvalue weighted by molar-refractivity contribution is 5.91. The average molecular weight is 353 g/mol. The average Bonchev–Trinajstić information content (AvgIpc) is 3.24. The Labute approximate surface area is 150 Å². The molecule has 0 aromatic carbocycles. The summed E-state index contributed by atoms with van der Waals surface area (Å²) in [5, 5.41) is 3.81. The van der Waals surface area contributed by atoms with Crippen LogP contribution in [0.5, 0.6) is 5.88 Å². The van der Waals surface area contributed by atoms with Crippen LogP contribution in [0.2, 0.25) is 0 Å². The van der Waals surface area contributed by atoms with E-state index in [4.69, 9.17) is 9.26 Å². The Balaban J connectivity index is 1.52. The minimum atomic E-state index is -0.178. The molecule has 8 heteroatoms. The first-order valence-corrected chi connectivity index (χ1v) is 8.44. The molecule has 0 saturated carbocycles. The Kier molecular flexibility index (Phi) is 4.39. The molecule has 0 fully saturated rings. The predicted octanol–water partition coefficient (Wildman–Crippen LogP) is 1.93. The van der Waals surface area contributed by atoms with Crippen molar-refractivity contribution in [2.75, 3.05) is 13.2 Å². The van der Waals surface area contributed by atoms with E-state index in [1.165, 1.54) is 0 Å². The van der Waals surface area contributed by atoms with Gasteiger partial charge in [0.2, 0.25) is 11.6 Å². The quantitative estimate of drug-likeness (QED) is 0.712. The number of ether oxygens (including phenoxy) is 1. The molecule has 0 N–H and O–H groups in total. The van der Waals surface area contributed by atoms with Gasteiger partial charge < -0.3 is 18.7 Å². The molecule has 0 saturated heterocycles. The maximum Gasteiger partial charge on any atom is 0.292 e. The largest absolute Gasteiger partial charge is 0.477 e. The fraction of sp³-hybridized carbons (Fsp3) is 0.333. The summed E-state index contributed by atoms with van der Waals surface area (Å²) in [6, 6.07) is 7.20. The van der Waals surface area contributed by atoms with Crippen molar-refractivity contribution in [3.05, 3.63) is 60.1 Å². The van der Waals surface area contributed by atoms with Gasteiger partial charge in [-0.05, 0) is 13.0 Å². The highest BCUT2D eigenvalue weighted by Gasteiger charge is 2.28. The van der Waals surface area contributed by atoms with Gasteiger partial charge in [-0.1, -0.05) is 11.2 Å². The molecular formula is C18H19N5O3. The third-order valence-corrected chi connectivity index (χ3v) is 4.32. The van der Waals surface area contributed by atoms with E-state index in [1.54, 1.807) is 36.6 Å². The molecule has 3 aromatic rings. The molecule has 1 atom stereocenters. The first-order chi connectivity index (χ1) is 12.7. The van der Waals surface area contributed by atoms with E-state index in [-0.39, 0.29) is 17.6 Å². The van der Waals surface area contributed by atoms with Crippen LogP contribution in [0.1, 0.15) is 21.9 Å². The third kappa shape index (κ3) is 3.44. The van der Waals surface area contributed by atoms with Crippen molar-refractivity contribution in [2.24, 2.45) is 5.92 Å². The molecule has 0 spiro atoms. The lowest BCUT2D eigenvalue weighted by Crippen LogP contribution is -2.35. The van der Waals surface area contributed by atoms with E-state index < -0.39 is 0 Å². The van der Waals surface area contributed by atoms with Crippen molar-refractivity contribution in [1.29, 1.82) is 0 Å². The molecular weight excluding hydrogens is 334 g/mol. The Morgan fingerprint density at radius 3 is 3.08 bits per heavy atom. The fourth-order valence-electron chi connectivity index (χ4n) is 3.07. The number of aryl methyl sites for hydroxylation is 1. The second kappa shape index (κ2) is 6.99. The molecule has 1 amide bonds. The van der Waals surface area contributed by atoms with Crippen LogP contribution in [-0.4, -0.2) is 43.7 Å². The van der Waals surface area contributed by atoms with E-state index in [2.05, 4.69) is 19.7 Å². The molecule has 4 heterocycles. The number of hydrogen-bond acceptors (Lipinski definition) is 6. The number of pyridine rings is 1. The second-order valence-electron chi connectivity index (χ2n) is 6.40. The van der Waals surface area contributed by atoms with Crippen LogP contribution < -0.4 is 4.74 Å². The first kappa shape index (κ1) is 16.3. The summed E-state index contributed by atoms with van der Waals surface area (Å²) in [6.45, 7) is 3.99. The smallest absolute Gasteiger partial charge is 0.292 e. The normalized spacial score (nSPS) is 16.8. The number of imidazole rings is 1. The van der Waals surface area contributed by atoms with E-state index in [9.17, 15) is 4.79 Å². The highest BCUT2D eigenvalue weighted by atomic mass is 16.5. The van der Waals surface area contributed by atoms with Crippen LogP contribution in [-0.2, 0) is 13.1 Å². The highest BCUT2D eigenvalue weighted by Crippen LogP contribution is 2.20. The van der Waals surface area contributed by atoms with Crippen LogP contribution in [0, 0.1) is 12.8 Å². The monoisotopic (exact) mass is 353 g/mol. The van der Waals surface area contributed by atoms with Gasteiger partial charge in [-0.15, -0.1) is 0 Å². The standard InChI is InChI=1S/C18H19N5O3/c1-13-6-16(26-21-13)18(24)22-8-14(9-23-12-19-7-15(23)10-22)11-25-17-4-2-3-5-20-17/h2-7,12,14H,8-11H2,1H3. The zero-order valence-corrected chi connectivity index (χ0v) is 14.4. The minimum absolute atomic E-state index is 0.0976. The van der Waals surface area contributed by atoms with Gasteiger partial charge in [0.25, 0.3) is 5.91 Å². The molecule has 1 aliphatic rings. The van der Waals surface area contributed by atoms with Crippen molar-refractivity contribution >= 4 is 5.91 Å². The van der Waals surface area contributed by atoms with Crippen LogP contribution in [0.15, 0.2) is 47.5 Å². The maximum atomic E-state index is 12.8. The number of amides is 1. The second-order valence-corrected chi connectivity index (χ2v) is 6.40. The number of hydrogen-bond donors (Lipinski definition) is 0. The lowest BCUT2D eigenvalue weighted by molar-refractivity contribution is 0.0658. The number of nitrogens with zero attached hydrogens (tertiary/aromatic N) is 5. The van der Waals surface area contributed by atoms with Crippen LogP contribution in [0.4, 0.5) is 0 Å². The lowest BCUT2D eigenvalue weighted by Gasteiger charge is -2.23. The van der Waals surface area contributed by atoms with Gasteiger partial charge in [0.05, 0.1) is 30.9 Å².